The van der Waals surface area contributed by atoms with Crippen molar-refractivity contribution in [3.63, 3.8) is 0 Å². The fourth-order valence-corrected chi connectivity index (χ4v) is 5.01. The van der Waals surface area contributed by atoms with E-state index in [0.717, 1.165) is 19.8 Å². The molecule has 0 aromatic rings. The fourth-order valence-electron chi connectivity index (χ4n) is 5.01. The van der Waals surface area contributed by atoms with Gasteiger partial charge in [0.05, 0.1) is 18.4 Å². The lowest BCUT2D eigenvalue weighted by Gasteiger charge is -2.38. The molecule has 4 saturated heterocycles. The molecule has 7 heteroatoms. The lowest BCUT2D eigenvalue weighted by Crippen LogP contribution is -2.55. The highest BCUT2D eigenvalue weighted by molar-refractivity contribution is 4.94. The van der Waals surface area contributed by atoms with Crippen molar-refractivity contribution in [3.8, 4) is 0 Å². The standard InChI is InChI=1S/C18H35N5O2/c1-22(2)16-6-5-13(12-19-16)17-20-18(25-21-17)15-4-3-9-23(15)14-7-10-24-11-8-14/h13-21H,3-12H2,1-2H3/t13?,15-,16?,17?,18?/m1/s1. The number of ether oxygens (including phenoxy) is 1. The molecular formula is C18H35N5O2. The van der Waals surface area contributed by atoms with Crippen molar-refractivity contribution in [2.24, 2.45) is 5.92 Å². The molecule has 4 unspecified atom stereocenters. The second-order valence-corrected chi connectivity index (χ2v) is 8.32. The average Bonchev–Trinajstić information content (AvgIpc) is 3.32. The van der Waals surface area contributed by atoms with Crippen LogP contribution >= 0.6 is 0 Å². The van der Waals surface area contributed by atoms with Gasteiger partial charge in [-0.05, 0) is 59.2 Å². The quantitative estimate of drug-likeness (QED) is 0.672. The van der Waals surface area contributed by atoms with Gasteiger partial charge in [-0.15, -0.1) is 0 Å². The molecule has 0 radical (unpaired) electrons. The molecule has 0 bridgehead atoms. The number of piperidine rings is 1. The van der Waals surface area contributed by atoms with Gasteiger partial charge in [-0.3, -0.25) is 20.0 Å². The predicted octanol–water partition coefficient (Wildman–Crippen LogP) is 0.294. The van der Waals surface area contributed by atoms with Crippen LogP contribution in [-0.2, 0) is 9.57 Å². The van der Waals surface area contributed by atoms with Crippen LogP contribution in [0, 0.1) is 5.92 Å². The number of hydroxylamine groups is 1. The molecule has 4 fully saturated rings. The highest BCUT2D eigenvalue weighted by atomic mass is 16.7. The monoisotopic (exact) mass is 353 g/mol. The number of nitrogens with one attached hydrogen (secondary N) is 3. The van der Waals surface area contributed by atoms with Gasteiger partial charge in [0.15, 0.2) is 0 Å². The number of rotatable bonds is 4. The third-order valence-corrected chi connectivity index (χ3v) is 6.54. The largest absolute Gasteiger partial charge is 0.381 e. The van der Waals surface area contributed by atoms with E-state index in [9.17, 15) is 0 Å². The lowest BCUT2D eigenvalue weighted by molar-refractivity contribution is -0.0461. The Morgan fingerprint density at radius 1 is 1.04 bits per heavy atom. The Bertz CT molecular complexity index is 424. The summed E-state index contributed by atoms with van der Waals surface area (Å²) in [5, 5.41) is 7.41. The molecule has 3 N–H and O–H groups in total. The van der Waals surface area contributed by atoms with Gasteiger partial charge in [0.1, 0.15) is 6.23 Å². The van der Waals surface area contributed by atoms with E-state index in [4.69, 9.17) is 9.57 Å². The minimum Gasteiger partial charge on any atom is -0.381 e. The first-order valence-electron chi connectivity index (χ1n) is 10.1. The van der Waals surface area contributed by atoms with Crippen LogP contribution in [0.15, 0.2) is 0 Å². The van der Waals surface area contributed by atoms with Crippen molar-refractivity contribution < 1.29 is 9.57 Å². The minimum absolute atomic E-state index is 0.113. The number of hydrogen-bond donors (Lipinski definition) is 3. The molecule has 4 aliphatic rings. The molecule has 0 saturated carbocycles. The summed E-state index contributed by atoms with van der Waals surface area (Å²) in [5.74, 6) is 0.583. The summed E-state index contributed by atoms with van der Waals surface area (Å²) in [6.45, 7) is 4.07. The molecule has 144 valence electrons. The molecule has 7 nitrogen and oxygen atoms in total. The average molecular weight is 354 g/mol. The molecule has 0 amide bonds. The van der Waals surface area contributed by atoms with Crippen LogP contribution in [-0.4, -0.2) is 80.8 Å². The normalized spacial score (nSPS) is 41.6. The summed E-state index contributed by atoms with van der Waals surface area (Å²) in [6.07, 6.45) is 8.15. The number of hydrogen-bond acceptors (Lipinski definition) is 7. The summed E-state index contributed by atoms with van der Waals surface area (Å²) in [6, 6.07) is 1.16. The third-order valence-electron chi connectivity index (χ3n) is 6.54. The first kappa shape index (κ1) is 18.1. The zero-order chi connectivity index (χ0) is 17.2. The van der Waals surface area contributed by atoms with Gasteiger partial charge in [0.25, 0.3) is 0 Å². The second kappa shape index (κ2) is 8.17. The topological polar surface area (TPSA) is 61.0 Å². The Labute approximate surface area is 151 Å². The van der Waals surface area contributed by atoms with Gasteiger partial charge in [-0.25, -0.2) is 0 Å². The van der Waals surface area contributed by atoms with Crippen LogP contribution in [0.5, 0.6) is 0 Å². The molecule has 4 heterocycles. The van der Waals surface area contributed by atoms with Crippen LogP contribution in [0.4, 0.5) is 0 Å². The van der Waals surface area contributed by atoms with Gasteiger partial charge in [0, 0.05) is 31.7 Å². The highest BCUT2D eigenvalue weighted by Gasteiger charge is 2.42. The van der Waals surface area contributed by atoms with Crippen molar-refractivity contribution >= 4 is 0 Å². The van der Waals surface area contributed by atoms with E-state index in [0.29, 0.717) is 24.2 Å². The van der Waals surface area contributed by atoms with Crippen molar-refractivity contribution in [3.05, 3.63) is 0 Å². The zero-order valence-electron chi connectivity index (χ0n) is 15.7. The van der Waals surface area contributed by atoms with Gasteiger partial charge >= 0.3 is 0 Å². The first-order valence-corrected chi connectivity index (χ1v) is 10.1. The maximum absolute atomic E-state index is 6.03. The Morgan fingerprint density at radius 2 is 1.88 bits per heavy atom. The van der Waals surface area contributed by atoms with E-state index >= 15 is 0 Å². The molecular weight excluding hydrogens is 318 g/mol. The summed E-state index contributed by atoms with van der Waals surface area (Å²) >= 11 is 0. The molecule has 0 aliphatic carbocycles. The zero-order valence-corrected chi connectivity index (χ0v) is 15.7. The molecule has 0 aromatic carbocycles. The number of likely N-dealkylation sites (tertiary alicyclic amines) is 1. The van der Waals surface area contributed by atoms with Crippen LogP contribution < -0.4 is 16.1 Å². The van der Waals surface area contributed by atoms with Crippen molar-refractivity contribution in [1.29, 1.82) is 0 Å². The van der Waals surface area contributed by atoms with Crippen LogP contribution in [0.3, 0.4) is 0 Å². The van der Waals surface area contributed by atoms with E-state index in [1.165, 1.54) is 45.1 Å². The Kier molecular flexibility index (Phi) is 5.91. The molecule has 25 heavy (non-hydrogen) atoms. The van der Waals surface area contributed by atoms with Gasteiger partial charge in [-0.2, -0.15) is 5.48 Å². The van der Waals surface area contributed by atoms with Gasteiger partial charge in [-0.1, -0.05) is 0 Å². The minimum atomic E-state index is 0.113. The third kappa shape index (κ3) is 4.03. The second-order valence-electron chi connectivity index (χ2n) is 8.32. The molecule has 4 rings (SSSR count). The molecule has 5 atom stereocenters. The Balaban J connectivity index is 1.30. The van der Waals surface area contributed by atoms with E-state index < -0.39 is 0 Å². The van der Waals surface area contributed by atoms with Crippen molar-refractivity contribution in [2.45, 2.75) is 69.2 Å². The summed E-state index contributed by atoms with van der Waals surface area (Å²) in [5.41, 5.74) is 3.30. The van der Waals surface area contributed by atoms with Gasteiger partial charge in [0.2, 0.25) is 0 Å². The summed E-state index contributed by atoms with van der Waals surface area (Å²) in [7, 11) is 4.29. The lowest BCUT2D eigenvalue weighted by atomic mass is 9.94. The van der Waals surface area contributed by atoms with Crippen molar-refractivity contribution in [1.82, 2.24) is 25.9 Å². The van der Waals surface area contributed by atoms with E-state index in [1.807, 2.05) is 0 Å². The molecule has 0 aromatic heterocycles. The maximum Gasteiger partial charge on any atom is 0.146 e. The Hall–Kier alpha value is -0.280. The summed E-state index contributed by atoms with van der Waals surface area (Å²) in [4.78, 5) is 11.0. The SMILES string of the molecule is CN(C)C1CCC(C2NOC([C@H]3CCCN3C3CCOCC3)N2)CN1. The molecule has 4 aliphatic heterocycles. The van der Waals surface area contributed by atoms with Crippen LogP contribution in [0.1, 0.15) is 38.5 Å². The first-order chi connectivity index (χ1) is 12.2. The van der Waals surface area contributed by atoms with Crippen molar-refractivity contribution in [2.75, 3.05) is 40.4 Å². The van der Waals surface area contributed by atoms with E-state index in [2.05, 4.69) is 40.0 Å². The summed E-state index contributed by atoms with van der Waals surface area (Å²) < 4.78 is 5.55. The van der Waals surface area contributed by atoms with Crippen LogP contribution in [0.2, 0.25) is 0 Å². The maximum atomic E-state index is 6.03. The fraction of sp³-hybridized carbons (Fsp3) is 1.00. The highest BCUT2D eigenvalue weighted by Crippen LogP contribution is 2.30. The predicted molar refractivity (Wildman–Crippen MR) is 96.7 cm³/mol. The smallest absolute Gasteiger partial charge is 0.146 e. The van der Waals surface area contributed by atoms with Gasteiger partial charge < -0.3 is 10.1 Å². The Morgan fingerprint density at radius 3 is 2.60 bits per heavy atom. The number of nitrogens with zero attached hydrogens (tertiary/aromatic N) is 2. The van der Waals surface area contributed by atoms with E-state index in [-0.39, 0.29) is 12.4 Å². The molecule has 0 spiro atoms. The van der Waals surface area contributed by atoms with E-state index in [1.54, 1.807) is 0 Å². The van der Waals surface area contributed by atoms with Crippen LogP contribution in [0.25, 0.3) is 0 Å².